The second-order valence-electron chi connectivity index (χ2n) is 6.46. The second-order valence-corrected chi connectivity index (χ2v) is 6.46. The first kappa shape index (κ1) is 18.7. The van der Waals surface area contributed by atoms with Gasteiger partial charge in [-0.1, -0.05) is 54.6 Å². The Hall–Kier alpha value is -3.08. The van der Waals surface area contributed by atoms with E-state index in [1.807, 2.05) is 25.4 Å². The van der Waals surface area contributed by atoms with Gasteiger partial charge in [-0.05, 0) is 30.5 Å². The van der Waals surface area contributed by atoms with Gasteiger partial charge in [-0.3, -0.25) is 0 Å². The van der Waals surface area contributed by atoms with Gasteiger partial charge in [0.25, 0.3) is 0 Å². The van der Waals surface area contributed by atoms with Crippen LogP contribution in [0, 0.1) is 6.92 Å². The van der Waals surface area contributed by atoms with Crippen molar-refractivity contribution in [3.63, 3.8) is 0 Å². The van der Waals surface area contributed by atoms with Crippen molar-refractivity contribution in [1.82, 2.24) is 20.2 Å². The van der Waals surface area contributed by atoms with Crippen LogP contribution in [0.5, 0.6) is 0 Å². The van der Waals surface area contributed by atoms with Gasteiger partial charge < -0.3 is 15.2 Å². The minimum Gasteiger partial charge on any atom is -0.357 e. The quantitative estimate of drug-likeness (QED) is 0.500. The van der Waals surface area contributed by atoms with Crippen LogP contribution in [0.3, 0.4) is 0 Å². The largest absolute Gasteiger partial charge is 0.357 e. The van der Waals surface area contributed by atoms with Crippen molar-refractivity contribution in [2.24, 2.45) is 4.99 Å². The van der Waals surface area contributed by atoms with Crippen LogP contribution in [0.15, 0.2) is 72.0 Å². The zero-order valence-corrected chi connectivity index (χ0v) is 16.0. The molecule has 5 nitrogen and oxygen atoms in total. The number of aromatic nitrogens is 2. The summed E-state index contributed by atoms with van der Waals surface area (Å²) in [7, 11) is 0. The molecule has 0 fully saturated rings. The molecule has 0 amide bonds. The van der Waals surface area contributed by atoms with E-state index in [1.54, 1.807) is 0 Å². The fourth-order valence-corrected chi connectivity index (χ4v) is 2.89. The maximum absolute atomic E-state index is 4.73. The van der Waals surface area contributed by atoms with E-state index in [9.17, 15) is 0 Å². The molecule has 0 spiro atoms. The molecule has 0 atom stereocenters. The molecule has 0 unspecified atom stereocenters. The molecule has 0 saturated heterocycles. The van der Waals surface area contributed by atoms with Gasteiger partial charge in [0.05, 0.1) is 6.54 Å². The molecule has 5 heteroatoms. The van der Waals surface area contributed by atoms with Gasteiger partial charge in [0.1, 0.15) is 5.82 Å². The number of rotatable bonds is 7. The lowest BCUT2D eigenvalue weighted by molar-refractivity contribution is 0.760. The predicted molar refractivity (Wildman–Crippen MR) is 111 cm³/mol. The maximum Gasteiger partial charge on any atom is 0.191 e. The number of nitrogens with zero attached hydrogens (tertiary/aromatic N) is 3. The van der Waals surface area contributed by atoms with E-state index < -0.39 is 0 Å². The van der Waals surface area contributed by atoms with Gasteiger partial charge in [0.15, 0.2) is 5.96 Å². The second kappa shape index (κ2) is 9.57. The Labute approximate surface area is 161 Å². The molecule has 0 aliphatic rings. The van der Waals surface area contributed by atoms with E-state index in [4.69, 9.17) is 4.99 Å². The topological polar surface area (TPSA) is 54.2 Å². The highest BCUT2D eigenvalue weighted by Gasteiger charge is 2.02. The van der Waals surface area contributed by atoms with Crippen LogP contribution in [0.25, 0.3) is 0 Å². The van der Waals surface area contributed by atoms with Crippen molar-refractivity contribution in [2.45, 2.75) is 33.5 Å². The summed E-state index contributed by atoms with van der Waals surface area (Å²) < 4.78 is 2.15. The Morgan fingerprint density at radius 1 is 1.00 bits per heavy atom. The first-order chi connectivity index (χ1) is 13.2. The van der Waals surface area contributed by atoms with Gasteiger partial charge >= 0.3 is 0 Å². The third-order valence-electron chi connectivity index (χ3n) is 4.33. The fourth-order valence-electron chi connectivity index (χ4n) is 2.89. The highest BCUT2D eigenvalue weighted by atomic mass is 15.2. The molecule has 27 heavy (non-hydrogen) atoms. The molecule has 3 rings (SSSR count). The Bertz CT molecular complexity index is 867. The van der Waals surface area contributed by atoms with Crippen LogP contribution in [0.4, 0.5) is 0 Å². The number of hydrogen-bond donors (Lipinski definition) is 2. The standard InChI is InChI=1S/C22H27N5/c1-3-23-22(25-15-19-8-5-4-6-9-19)26-16-20-10-7-11-21(14-20)17-27-13-12-24-18(27)2/h4-14H,3,15-17H2,1-2H3,(H2,23,25,26). The molecule has 140 valence electrons. The molecule has 0 radical (unpaired) electrons. The van der Waals surface area contributed by atoms with Gasteiger partial charge in [-0.25, -0.2) is 9.98 Å². The molecule has 0 saturated carbocycles. The van der Waals surface area contributed by atoms with Gasteiger partial charge in [-0.2, -0.15) is 0 Å². The van der Waals surface area contributed by atoms with Crippen molar-refractivity contribution in [2.75, 3.05) is 6.54 Å². The third-order valence-corrected chi connectivity index (χ3v) is 4.33. The Balaban J connectivity index is 1.63. The summed E-state index contributed by atoms with van der Waals surface area (Å²) in [6.45, 7) is 7.16. The Morgan fingerprint density at radius 3 is 2.52 bits per heavy atom. The lowest BCUT2D eigenvalue weighted by Gasteiger charge is -2.12. The van der Waals surface area contributed by atoms with Gasteiger partial charge in [0.2, 0.25) is 0 Å². The number of hydrogen-bond acceptors (Lipinski definition) is 2. The van der Waals surface area contributed by atoms with Crippen LogP contribution in [-0.2, 0) is 19.6 Å². The normalized spacial score (nSPS) is 11.4. The summed E-state index contributed by atoms with van der Waals surface area (Å²) in [5, 5.41) is 6.70. The molecule has 0 aliphatic carbocycles. The van der Waals surface area contributed by atoms with E-state index in [2.05, 4.69) is 75.6 Å². The SMILES string of the molecule is CCNC(=NCc1cccc(Cn2ccnc2C)c1)NCc1ccccc1. The molecule has 0 bridgehead atoms. The van der Waals surface area contributed by atoms with Crippen molar-refractivity contribution in [1.29, 1.82) is 0 Å². The smallest absolute Gasteiger partial charge is 0.191 e. The molecule has 1 heterocycles. The minimum absolute atomic E-state index is 0.640. The number of guanidine groups is 1. The maximum atomic E-state index is 4.73. The number of aryl methyl sites for hydroxylation is 1. The number of imidazole rings is 1. The highest BCUT2D eigenvalue weighted by Crippen LogP contribution is 2.10. The Kier molecular flexibility index (Phi) is 6.63. The predicted octanol–water partition coefficient (Wildman–Crippen LogP) is 3.50. The zero-order valence-electron chi connectivity index (χ0n) is 16.0. The minimum atomic E-state index is 0.640. The van der Waals surface area contributed by atoms with Crippen LogP contribution in [-0.4, -0.2) is 22.1 Å². The van der Waals surface area contributed by atoms with Gasteiger partial charge in [-0.15, -0.1) is 0 Å². The van der Waals surface area contributed by atoms with E-state index in [0.29, 0.717) is 6.54 Å². The van der Waals surface area contributed by atoms with Crippen molar-refractivity contribution >= 4 is 5.96 Å². The average molecular weight is 361 g/mol. The van der Waals surface area contributed by atoms with Crippen molar-refractivity contribution < 1.29 is 0 Å². The summed E-state index contributed by atoms with van der Waals surface area (Å²) >= 11 is 0. The molecule has 0 aliphatic heterocycles. The summed E-state index contributed by atoms with van der Waals surface area (Å²) in [6, 6.07) is 18.9. The lowest BCUT2D eigenvalue weighted by Crippen LogP contribution is -2.36. The summed E-state index contributed by atoms with van der Waals surface area (Å²) in [5.41, 5.74) is 3.69. The van der Waals surface area contributed by atoms with E-state index in [-0.39, 0.29) is 0 Å². The van der Waals surface area contributed by atoms with Crippen molar-refractivity contribution in [3.8, 4) is 0 Å². The summed E-state index contributed by atoms with van der Waals surface area (Å²) in [6.07, 6.45) is 3.85. The zero-order chi connectivity index (χ0) is 18.9. The molecule has 2 aromatic carbocycles. The van der Waals surface area contributed by atoms with E-state index in [1.165, 1.54) is 16.7 Å². The molecule has 3 aromatic rings. The Morgan fingerprint density at radius 2 is 1.78 bits per heavy atom. The van der Waals surface area contributed by atoms with E-state index >= 15 is 0 Å². The fraction of sp³-hybridized carbons (Fsp3) is 0.273. The average Bonchev–Trinajstić information content (AvgIpc) is 3.10. The highest BCUT2D eigenvalue weighted by molar-refractivity contribution is 5.79. The first-order valence-electron chi connectivity index (χ1n) is 9.36. The summed E-state index contributed by atoms with van der Waals surface area (Å²) in [5.74, 6) is 1.86. The van der Waals surface area contributed by atoms with Gasteiger partial charge in [0, 0.05) is 32.0 Å². The van der Waals surface area contributed by atoms with Crippen LogP contribution < -0.4 is 10.6 Å². The van der Waals surface area contributed by atoms with Crippen LogP contribution in [0.1, 0.15) is 29.4 Å². The van der Waals surface area contributed by atoms with E-state index in [0.717, 1.165) is 31.4 Å². The summed E-state index contributed by atoms with van der Waals surface area (Å²) in [4.78, 5) is 9.01. The van der Waals surface area contributed by atoms with Crippen LogP contribution in [0.2, 0.25) is 0 Å². The van der Waals surface area contributed by atoms with Crippen molar-refractivity contribution in [3.05, 3.63) is 89.5 Å². The number of benzene rings is 2. The lowest BCUT2D eigenvalue weighted by atomic mass is 10.1. The number of aliphatic imine (C=N–C) groups is 1. The molecular formula is C22H27N5. The molecule has 2 N–H and O–H groups in total. The number of nitrogens with one attached hydrogen (secondary N) is 2. The monoisotopic (exact) mass is 361 g/mol. The first-order valence-corrected chi connectivity index (χ1v) is 9.36. The molecule has 1 aromatic heterocycles. The molecular weight excluding hydrogens is 334 g/mol. The van der Waals surface area contributed by atoms with Crippen LogP contribution >= 0.6 is 0 Å². The third kappa shape index (κ3) is 5.71.